The topological polar surface area (TPSA) is 43.6 Å². The van der Waals surface area contributed by atoms with Crippen LogP contribution in [0.1, 0.15) is 24.2 Å². The first-order chi connectivity index (χ1) is 10.3. The number of unbranched alkanes of at least 4 members (excludes halogenated alkanes) is 1. The largest absolute Gasteiger partial charge is 0.461 e. The highest BCUT2D eigenvalue weighted by molar-refractivity contribution is 5.82. The molecule has 21 heavy (non-hydrogen) atoms. The van der Waals surface area contributed by atoms with E-state index in [1.807, 2.05) is 19.1 Å². The van der Waals surface area contributed by atoms with Crippen LogP contribution in [0.15, 0.2) is 28.7 Å². The molecule has 0 aliphatic rings. The number of hydrogen-bond acceptors (Lipinski definition) is 4. The van der Waals surface area contributed by atoms with E-state index in [2.05, 4.69) is 17.4 Å². The Kier molecular flexibility index (Phi) is 6.73. The number of para-hydroxylation sites is 1. The molecule has 0 fully saturated rings. The monoisotopic (exact) mass is 291 g/mol. The molecule has 1 aromatic heterocycles. The number of ether oxygens (including phenoxy) is 2. The zero-order valence-electron chi connectivity index (χ0n) is 13.0. The molecule has 4 heteroatoms. The average Bonchev–Trinajstić information content (AvgIpc) is 2.81. The lowest BCUT2D eigenvalue weighted by molar-refractivity contribution is 0.0688. The Morgan fingerprint density at radius 3 is 2.81 bits per heavy atom. The number of benzene rings is 1. The van der Waals surface area contributed by atoms with Gasteiger partial charge in [0.05, 0.1) is 13.2 Å². The Balaban J connectivity index is 1.65. The van der Waals surface area contributed by atoms with Gasteiger partial charge in [0, 0.05) is 31.2 Å². The summed E-state index contributed by atoms with van der Waals surface area (Å²) in [4.78, 5) is 0. The number of furan rings is 1. The molecule has 1 aromatic carbocycles. The van der Waals surface area contributed by atoms with E-state index in [0.29, 0.717) is 13.2 Å². The molecule has 0 amide bonds. The first kappa shape index (κ1) is 16.0. The number of fused-ring (bicyclic) bond motifs is 1. The third-order valence-corrected chi connectivity index (χ3v) is 3.53. The van der Waals surface area contributed by atoms with Gasteiger partial charge in [-0.3, -0.25) is 0 Å². The van der Waals surface area contributed by atoms with Crippen LogP contribution in [0.4, 0.5) is 0 Å². The lowest BCUT2D eigenvalue weighted by Crippen LogP contribution is -2.15. The van der Waals surface area contributed by atoms with Crippen LogP contribution in [-0.4, -0.2) is 33.5 Å². The van der Waals surface area contributed by atoms with Crippen molar-refractivity contribution >= 4 is 11.0 Å². The lowest BCUT2D eigenvalue weighted by Gasteiger charge is -2.05. The van der Waals surface area contributed by atoms with Crippen LogP contribution in [0.3, 0.4) is 0 Å². The van der Waals surface area contributed by atoms with Crippen LogP contribution < -0.4 is 5.32 Å². The summed E-state index contributed by atoms with van der Waals surface area (Å²) in [5.74, 6) is 1.01. The minimum absolute atomic E-state index is 0.672. The van der Waals surface area contributed by atoms with Crippen molar-refractivity contribution in [2.45, 2.75) is 26.3 Å². The van der Waals surface area contributed by atoms with Gasteiger partial charge in [-0.25, -0.2) is 0 Å². The molecule has 2 rings (SSSR count). The molecular formula is C17H25NO3. The molecule has 0 unspecified atom stereocenters. The predicted octanol–water partition coefficient (Wildman–Crippen LogP) is 3.27. The standard InChI is InChI=1S/C17H25NO3/c1-14-16(15-7-3-4-8-17(15)21-14)13-18-9-5-6-10-20-12-11-19-2/h3-4,7-8,18H,5-6,9-13H2,1-2H3. The summed E-state index contributed by atoms with van der Waals surface area (Å²) >= 11 is 0. The molecule has 116 valence electrons. The van der Waals surface area contributed by atoms with Crippen molar-refractivity contribution in [3.8, 4) is 0 Å². The molecule has 2 aromatic rings. The molecule has 0 spiro atoms. The molecule has 0 bridgehead atoms. The van der Waals surface area contributed by atoms with Crippen molar-refractivity contribution in [1.29, 1.82) is 0 Å². The van der Waals surface area contributed by atoms with Gasteiger partial charge in [-0.2, -0.15) is 0 Å². The van der Waals surface area contributed by atoms with E-state index in [0.717, 1.165) is 43.9 Å². The zero-order valence-corrected chi connectivity index (χ0v) is 13.0. The fourth-order valence-corrected chi connectivity index (χ4v) is 2.35. The van der Waals surface area contributed by atoms with Crippen LogP contribution in [0.5, 0.6) is 0 Å². The normalized spacial score (nSPS) is 11.3. The summed E-state index contributed by atoms with van der Waals surface area (Å²) < 4.78 is 16.1. The Bertz CT molecular complexity index is 536. The molecule has 0 atom stereocenters. The van der Waals surface area contributed by atoms with Gasteiger partial charge in [0.15, 0.2) is 0 Å². The molecular weight excluding hydrogens is 266 g/mol. The Morgan fingerprint density at radius 1 is 1.10 bits per heavy atom. The van der Waals surface area contributed by atoms with E-state index in [1.54, 1.807) is 7.11 Å². The summed E-state index contributed by atoms with van der Waals surface area (Å²) in [6.45, 7) is 6.04. The molecule has 0 saturated carbocycles. The third-order valence-electron chi connectivity index (χ3n) is 3.53. The Labute approximate surface area is 126 Å². The third kappa shape index (κ3) is 4.84. The zero-order chi connectivity index (χ0) is 14.9. The van der Waals surface area contributed by atoms with Gasteiger partial charge >= 0.3 is 0 Å². The Morgan fingerprint density at radius 2 is 1.95 bits per heavy atom. The fraction of sp³-hybridized carbons (Fsp3) is 0.529. The lowest BCUT2D eigenvalue weighted by atomic mass is 10.1. The molecule has 4 nitrogen and oxygen atoms in total. The van der Waals surface area contributed by atoms with Crippen molar-refractivity contribution in [2.75, 3.05) is 33.5 Å². The second kappa shape index (κ2) is 8.82. The van der Waals surface area contributed by atoms with E-state index in [4.69, 9.17) is 13.9 Å². The van der Waals surface area contributed by atoms with Crippen molar-refractivity contribution in [1.82, 2.24) is 5.32 Å². The minimum Gasteiger partial charge on any atom is -0.461 e. The maximum absolute atomic E-state index is 5.76. The molecule has 0 aliphatic carbocycles. The number of hydrogen-bond donors (Lipinski definition) is 1. The van der Waals surface area contributed by atoms with Gasteiger partial charge in [-0.15, -0.1) is 0 Å². The van der Waals surface area contributed by atoms with E-state index >= 15 is 0 Å². The number of nitrogens with one attached hydrogen (secondary N) is 1. The van der Waals surface area contributed by atoms with Crippen molar-refractivity contribution in [3.63, 3.8) is 0 Å². The second-order valence-corrected chi connectivity index (χ2v) is 5.12. The van der Waals surface area contributed by atoms with Crippen molar-refractivity contribution in [2.24, 2.45) is 0 Å². The number of methoxy groups -OCH3 is 1. The number of rotatable bonds is 10. The summed E-state index contributed by atoms with van der Waals surface area (Å²) in [6.07, 6.45) is 2.18. The van der Waals surface area contributed by atoms with Crippen LogP contribution in [-0.2, 0) is 16.0 Å². The van der Waals surface area contributed by atoms with Gasteiger partial charge in [-0.05, 0) is 32.4 Å². The quantitative estimate of drug-likeness (QED) is 0.682. The summed E-state index contributed by atoms with van der Waals surface area (Å²) in [6, 6.07) is 8.19. The van der Waals surface area contributed by atoms with Gasteiger partial charge in [-0.1, -0.05) is 18.2 Å². The van der Waals surface area contributed by atoms with Crippen LogP contribution >= 0.6 is 0 Å². The second-order valence-electron chi connectivity index (χ2n) is 5.12. The minimum atomic E-state index is 0.672. The van der Waals surface area contributed by atoms with Crippen molar-refractivity contribution in [3.05, 3.63) is 35.6 Å². The maximum atomic E-state index is 5.76. The van der Waals surface area contributed by atoms with Gasteiger partial charge < -0.3 is 19.2 Å². The smallest absolute Gasteiger partial charge is 0.134 e. The Hall–Kier alpha value is -1.36. The van der Waals surface area contributed by atoms with Crippen LogP contribution in [0.2, 0.25) is 0 Å². The van der Waals surface area contributed by atoms with Crippen LogP contribution in [0.25, 0.3) is 11.0 Å². The highest BCUT2D eigenvalue weighted by Crippen LogP contribution is 2.24. The average molecular weight is 291 g/mol. The predicted molar refractivity (Wildman–Crippen MR) is 84.6 cm³/mol. The highest BCUT2D eigenvalue weighted by Gasteiger charge is 2.09. The van der Waals surface area contributed by atoms with Crippen LogP contribution in [0, 0.1) is 6.92 Å². The molecule has 1 N–H and O–H groups in total. The number of aryl methyl sites for hydroxylation is 1. The first-order valence-corrected chi connectivity index (χ1v) is 7.57. The highest BCUT2D eigenvalue weighted by atomic mass is 16.5. The molecule has 0 aliphatic heterocycles. The van der Waals surface area contributed by atoms with E-state index in [1.165, 1.54) is 10.9 Å². The van der Waals surface area contributed by atoms with Crippen molar-refractivity contribution < 1.29 is 13.9 Å². The fourth-order valence-electron chi connectivity index (χ4n) is 2.35. The molecule has 0 radical (unpaired) electrons. The molecule has 1 heterocycles. The summed E-state index contributed by atoms with van der Waals surface area (Å²) in [5, 5.41) is 4.70. The molecule has 0 saturated heterocycles. The van der Waals surface area contributed by atoms with E-state index in [9.17, 15) is 0 Å². The summed E-state index contributed by atoms with van der Waals surface area (Å²) in [5.41, 5.74) is 2.24. The maximum Gasteiger partial charge on any atom is 0.134 e. The van der Waals surface area contributed by atoms with E-state index < -0.39 is 0 Å². The van der Waals surface area contributed by atoms with Gasteiger partial charge in [0.2, 0.25) is 0 Å². The SMILES string of the molecule is COCCOCCCCNCc1c(C)oc2ccccc12. The van der Waals surface area contributed by atoms with Gasteiger partial charge in [0.25, 0.3) is 0 Å². The first-order valence-electron chi connectivity index (χ1n) is 7.57. The van der Waals surface area contributed by atoms with E-state index in [-0.39, 0.29) is 0 Å². The summed E-state index contributed by atoms with van der Waals surface area (Å²) in [7, 11) is 1.69. The van der Waals surface area contributed by atoms with Gasteiger partial charge in [0.1, 0.15) is 11.3 Å².